The normalized spacial score (nSPS) is 16.0. The highest BCUT2D eigenvalue weighted by atomic mass is 127. The van der Waals surface area contributed by atoms with Crippen LogP contribution in [-0.2, 0) is 0 Å². The van der Waals surface area contributed by atoms with Crippen LogP contribution in [-0.4, -0.2) is 38.7 Å². The Morgan fingerprint density at radius 3 is 2.47 bits per heavy atom. The number of benzene rings is 2. The molecule has 0 spiro atoms. The number of hydrogen-bond acceptors (Lipinski definition) is 2. The summed E-state index contributed by atoms with van der Waals surface area (Å²) < 4.78 is 40.0. The lowest BCUT2D eigenvalue weighted by atomic mass is 10.0. The lowest BCUT2D eigenvalue weighted by Crippen LogP contribution is -2.49. The molecule has 2 aromatic rings. The SMILES string of the molecule is CN=C(NCC(C)c1ccc(F)c(F)c1)NC1CCN(c2cccc(F)c2)CC1.I. The summed E-state index contributed by atoms with van der Waals surface area (Å²) in [6.45, 7) is 4.17. The molecule has 30 heavy (non-hydrogen) atoms. The van der Waals surface area contributed by atoms with Crippen LogP contribution >= 0.6 is 24.0 Å². The van der Waals surface area contributed by atoms with Crippen molar-refractivity contribution < 1.29 is 13.2 Å². The van der Waals surface area contributed by atoms with Crippen molar-refractivity contribution in [1.82, 2.24) is 10.6 Å². The number of anilines is 1. The van der Waals surface area contributed by atoms with Gasteiger partial charge in [0, 0.05) is 38.4 Å². The number of piperidine rings is 1. The Bertz CT molecular complexity index is 854. The van der Waals surface area contributed by atoms with E-state index in [-0.39, 0.29) is 41.8 Å². The number of aliphatic imine (C=N–C) groups is 1. The van der Waals surface area contributed by atoms with Gasteiger partial charge in [0.15, 0.2) is 17.6 Å². The van der Waals surface area contributed by atoms with Crippen LogP contribution in [0.2, 0.25) is 0 Å². The van der Waals surface area contributed by atoms with Gasteiger partial charge in [0.25, 0.3) is 0 Å². The first-order valence-corrected chi connectivity index (χ1v) is 9.89. The molecule has 2 aromatic carbocycles. The fourth-order valence-corrected chi connectivity index (χ4v) is 3.53. The fourth-order valence-electron chi connectivity index (χ4n) is 3.53. The molecule has 8 heteroatoms. The molecule has 164 valence electrons. The molecule has 1 aliphatic rings. The highest BCUT2D eigenvalue weighted by Gasteiger charge is 2.20. The molecular weight excluding hydrogens is 504 g/mol. The number of rotatable bonds is 5. The zero-order valence-corrected chi connectivity index (χ0v) is 19.5. The van der Waals surface area contributed by atoms with Crippen LogP contribution in [0.3, 0.4) is 0 Å². The minimum Gasteiger partial charge on any atom is -0.371 e. The molecule has 0 aliphatic carbocycles. The molecular formula is C22H28F3IN4. The molecule has 0 radical (unpaired) electrons. The predicted octanol–water partition coefficient (Wildman–Crippen LogP) is 4.66. The van der Waals surface area contributed by atoms with E-state index in [1.165, 1.54) is 12.1 Å². The Morgan fingerprint density at radius 1 is 1.10 bits per heavy atom. The third kappa shape index (κ3) is 6.52. The molecule has 0 amide bonds. The second-order valence-corrected chi connectivity index (χ2v) is 7.41. The van der Waals surface area contributed by atoms with Gasteiger partial charge in [0.1, 0.15) is 5.82 Å². The van der Waals surface area contributed by atoms with Gasteiger partial charge in [-0.25, -0.2) is 13.2 Å². The second-order valence-electron chi connectivity index (χ2n) is 7.41. The predicted molar refractivity (Wildman–Crippen MR) is 126 cm³/mol. The van der Waals surface area contributed by atoms with Crippen molar-refractivity contribution >= 4 is 35.6 Å². The summed E-state index contributed by atoms with van der Waals surface area (Å²) in [7, 11) is 1.71. The highest BCUT2D eigenvalue weighted by molar-refractivity contribution is 14.0. The monoisotopic (exact) mass is 532 g/mol. The summed E-state index contributed by atoms with van der Waals surface area (Å²) in [5.41, 5.74) is 1.64. The Kier molecular flexibility index (Phi) is 9.26. The van der Waals surface area contributed by atoms with E-state index in [2.05, 4.69) is 20.5 Å². The molecule has 3 rings (SSSR count). The third-order valence-corrected chi connectivity index (χ3v) is 5.32. The first-order valence-electron chi connectivity index (χ1n) is 9.89. The first-order chi connectivity index (χ1) is 14.0. The van der Waals surface area contributed by atoms with Gasteiger partial charge in [-0.15, -0.1) is 24.0 Å². The van der Waals surface area contributed by atoms with Crippen LogP contribution in [0.15, 0.2) is 47.5 Å². The molecule has 0 bridgehead atoms. The molecule has 0 aromatic heterocycles. The van der Waals surface area contributed by atoms with E-state index in [0.717, 1.165) is 43.2 Å². The van der Waals surface area contributed by atoms with E-state index in [4.69, 9.17) is 0 Å². The highest BCUT2D eigenvalue weighted by Crippen LogP contribution is 2.21. The van der Waals surface area contributed by atoms with Crippen molar-refractivity contribution in [3.63, 3.8) is 0 Å². The van der Waals surface area contributed by atoms with Crippen molar-refractivity contribution in [2.45, 2.75) is 31.7 Å². The summed E-state index contributed by atoms with van der Waals surface area (Å²) in [6.07, 6.45) is 1.83. The molecule has 1 atom stereocenters. The van der Waals surface area contributed by atoms with Crippen LogP contribution in [0.5, 0.6) is 0 Å². The summed E-state index contributed by atoms with van der Waals surface area (Å²) in [6, 6.07) is 10.9. The van der Waals surface area contributed by atoms with Crippen molar-refractivity contribution in [3.8, 4) is 0 Å². The fraction of sp³-hybridized carbons (Fsp3) is 0.409. The standard InChI is InChI=1S/C22H27F3N4.HI/c1-15(16-6-7-20(24)21(25)12-16)14-27-22(26-2)28-18-8-10-29(11-9-18)19-5-3-4-17(23)13-19;/h3-7,12-13,15,18H,8-11,14H2,1-2H3,(H2,26,27,28);1H. The molecule has 4 nitrogen and oxygen atoms in total. The first kappa shape index (κ1) is 24.3. The molecule has 0 saturated carbocycles. The number of halogens is 4. The molecule has 1 saturated heterocycles. The molecule has 2 N–H and O–H groups in total. The lowest BCUT2D eigenvalue weighted by molar-refractivity contribution is 0.460. The van der Waals surface area contributed by atoms with Crippen molar-refractivity contribution in [2.24, 2.45) is 4.99 Å². The van der Waals surface area contributed by atoms with E-state index in [0.29, 0.717) is 12.5 Å². The van der Waals surface area contributed by atoms with Crippen molar-refractivity contribution in [3.05, 3.63) is 65.5 Å². The number of hydrogen-bond donors (Lipinski definition) is 2. The van der Waals surface area contributed by atoms with E-state index < -0.39 is 11.6 Å². The maximum absolute atomic E-state index is 13.4. The zero-order valence-electron chi connectivity index (χ0n) is 17.2. The van der Waals surface area contributed by atoms with Gasteiger partial charge in [0.05, 0.1) is 0 Å². The topological polar surface area (TPSA) is 39.7 Å². The van der Waals surface area contributed by atoms with Gasteiger partial charge in [-0.2, -0.15) is 0 Å². The number of nitrogens with one attached hydrogen (secondary N) is 2. The Balaban J connectivity index is 0.00000320. The number of guanidine groups is 1. The summed E-state index contributed by atoms with van der Waals surface area (Å²) in [5.74, 6) is -1.21. The van der Waals surface area contributed by atoms with Gasteiger partial charge < -0.3 is 15.5 Å². The molecule has 1 heterocycles. The van der Waals surface area contributed by atoms with Crippen molar-refractivity contribution in [2.75, 3.05) is 31.6 Å². The van der Waals surface area contributed by atoms with Gasteiger partial charge in [-0.05, 0) is 54.7 Å². The molecule has 1 fully saturated rings. The quantitative estimate of drug-likeness (QED) is 0.335. The maximum Gasteiger partial charge on any atom is 0.191 e. The average molecular weight is 532 g/mol. The van der Waals surface area contributed by atoms with Crippen LogP contribution in [0, 0.1) is 17.5 Å². The van der Waals surface area contributed by atoms with Gasteiger partial charge >= 0.3 is 0 Å². The Hall–Kier alpha value is -1.97. The van der Waals surface area contributed by atoms with Crippen LogP contribution in [0.25, 0.3) is 0 Å². The summed E-state index contributed by atoms with van der Waals surface area (Å²) in [4.78, 5) is 6.45. The van der Waals surface area contributed by atoms with E-state index >= 15 is 0 Å². The lowest BCUT2D eigenvalue weighted by Gasteiger charge is -2.34. The second kappa shape index (κ2) is 11.4. The largest absolute Gasteiger partial charge is 0.371 e. The number of nitrogens with zero attached hydrogens (tertiary/aromatic N) is 2. The minimum absolute atomic E-state index is 0. The maximum atomic E-state index is 13.4. The van der Waals surface area contributed by atoms with E-state index in [1.807, 2.05) is 13.0 Å². The smallest absolute Gasteiger partial charge is 0.191 e. The average Bonchev–Trinajstić information content (AvgIpc) is 2.73. The van der Waals surface area contributed by atoms with E-state index in [1.54, 1.807) is 25.2 Å². The minimum atomic E-state index is -0.837. The Labute approximate surface area is 193 Å². The molecule has 1 aliphatic heterocycles. The Morgan fingerprint density at radius 2 is 1.83 bits per heavy atom. The van der Waals surface area contributed by atoms with Gasteiger partial charge in [0.2, 0.25) is 0 Å². The summed E-state index contributed by atoms with van der Waals surface area (Å²) in [5, 5.41) is 6.68. The van der Waals surface area contributed by atoms with Crippen LogP contribution < -0.4 is 15.5 Å². The van der Waals surface area contributed by atoms with E-state index in [9.17, 15) is 13.2 Å². The van der Waals surface area contributed by atoms with Crippen LogP contribution in [0.1, 0.15) is 31.2 Å². The van der Waals surface area contributed by atoms with Crippen molar-refractivity contribution in [1.29, 1.82) is 0 Å². The van der Waals surface area contributed by atoms with Gasteiger partial charge in [-0.1, -0.05) is 19.1 Å². The van der Waals surface area contributed by atoms with Gasteiger partial charge in [-0.3, -0.25) is 4.99 Å². The van der Waals surface area contributed by atoms with Crippen LogP contribution in [0.4, 0.5) is 18.9 Å². The summed E-state index contributed by atoms with van der Waals surface area (Å²) >= 11 is 0. The third-order valence-electron chi connectivity index (χ3n) is 5.32. The zero-order chi connectivity index (χ0) is 20.8. The molecule has 1 unspecified atom stereocenters.